The highest BCUT2D eigenvalue weighted by Gasteiger charge is 2.13. The maximum atomic E-state index is 13.7. The normalized spacial score (nSPS) is 12.6. The maximum Gasteiger partial charge on any atom is 0.183 e. The predicted octanol–water partition coefficient (Wildman–Crippen LogP) is 4.73. The van der Waals surface area contributed by atoms with Crippen LogP contribution in [-0.2, 0) is 0 Å². The van der Waals surface area contributed by atoms with Gasteiger partial charge in [-0.05, 0) is 28.5 Å². The van der Waals surface area contributed by atoms with Crippen molar-refractivity contribution in [3.63, 3.8) is 0 Å². The Bertz CT molecular complexity index is 1010. The zero-order valence-electron chi connectivity index (χ0n) is 12.7. The van der Waals surface area contributed by atoms with Gasteiger partial charge >= 0.3 is 0 Å². The second-order valence-corrected chi connectivity index (χ2v) is 6.57. The van der Waals surface area contributed by atoms with Gasteiger partial charge < -0.3 is 10.4 Å². The van der Waals surface area contributed by atoms with Crippen molar-refractivity contribution in [2.45, 2.75) is 6.10 Å². The lowest BCUT2D eigenvalue weighted by Gasteiger charge is -2.14. The fraction of sp³-hybridized carbons (Fsp3) is 0.105. The van der Waals surface area contributed by atoms with Gasteiger partial charge in [0.05, 0.1) is 16.3 Å². The van der Waals surface area contributed by atoms with E-state index >= 15 is 0 Å². The number of thiazole rings is 1. The van der Waals surface area contributed by atoms with Gasteiger partial charge in [0.15, 0.2) is 5.13 Å². The Morgan fingerprint density at radius 2 is 1.83 bits per heavy atom. The van der Waals surface area contributed by atoms with Crippen LogP contribution in [0.3, 0.4) is 0 Å². The Morgan fingerprint density at radius 1 is 1.04 bits per heavy atom. The quantitative estimate of drug-likeness (QED) is 0.565. The van der Waals surface area contributed by atoms with Crippen LogP contribution >= 0.6 is 11.3 Å². The van der Waals surface area contributed by atoms with Crippen LogP contribution in [-0.4, -0.2) is 16.6 Å². The minimum Gasteiger partial charge on any atom is -0.387 e. The molecule has 1 atom stereocenters. The Hall–Kier alpha value is -2.50. The van der Waals surface area contributed by atoms with Gasteiger partial charge in [-0.15, -0.1) is 0 Å². The van der Waals surface area contributed by atoms with Crippen molar-refractivity contribution in [2.24, 2.45) is 0 Å². The standard InChI is InChI=1S/C19H15FN2OS/c20-15-9-4-10-16-18(15)24-19(22-16)21-11-17(23)14-8-3-6-12-5-1-2-7-13(12)14/h1-10,17,23H,11H2,(H,21,22). The van der Waals surface area contributed by atoms with E-state index in [1.165, 1.54) is 17.4 Å². The first-order valence-corrected chi connectivity index (χ1v) is 8.49. The number of nitrogens with one attached hydrogen (secondary N) is 1. The molecule has 5 heteroatoms. The minimum absolute atomic E-state index is 0.271. The number of aliphatic hydroxyl groups excluding tert-OH is 1. The van der Waals surface area contributed by atoms with Gasteiger partial charge in [-0.3, -0.25) is 0 Å². The van der Waals surface area contributed by atoms with Crippen LogP contribution in [0, 0.1) is 5.82 Å². The van der Waals surface area contributed by atoms with E-state index in [1.807, 2.05) is 42.5 Å². The number of hydrogen-bond acceptors (Lipinski definition) is 4. The summed E-state index contributed by atoms with van der Waals surface area (Å²) in [7, 11) is 0. The third kappa shape index (κ3) is 2.72. The molecular weight excluding hydrogens is 323 g/mol. The molecule has 0 fully saturated rings. The molecule has 3 nitrogen and oxygen atoms in total. The molecule has 24 heavy (non-hydrogen) atoms. The molecule has 0 aliphatic heterocycles. The largest absolute Gasteiger partial charge is 0.387 e. The molecule has 0 radical (unpaired) electrons. The lowest BCUT2D eigenvalue weighted by Crippen LogP contribution is -2.12. The molecule has 4 rings (SSSR count). The fourth-order valence-electron chi connectivity index (χ4n) is 2.83. The number of benzene rings is 3. The van der Waals surface area contributed by atoms with E-state index in [0.29, 0.717) is 21.9 Å². The van der Waals surface area contributed by atoms with E-state index in [1.54, 1.807) is 12.1 Å². The Morgan fingerprint density at radius 3 is 2.71 bits per heavy atom. The summed E-state index contributed by atoms with van der Waals surface area (Å²) < 4.78 is 14.3. The van der Waals surface area contributed by atoms with E-state index in [9.17, 15) is 9.50 Å². The van der Waals surface area contributed by atoms with Crippen molar-refractivity contribution < 1.29 is 9.50 Å². The monoisotopic (exact) mass is 338 g/mol. The first-order chi connectivity index (χ1) is 11.7. The topological polar surface area (TPSA) is 45.1 Å². The predicted molar refractivity (Wildman–Crippen MR) is 97.0 cm³/mol. The molecule has 0 aliphatic rings. The number of fused-ring (bicyclic) bond motifs is 2. The van der Waals surface area contributed by atoms with Crippen LogP contribution < -0.4 is 5.32 Å². The number of aromatic nitrogens is 1. The molecular formula is C19H15FN2OS. The summed E-state index contributed by atoms with van der Waals surface area (Å²) in [4.78, 5) is 4.36. The molecule has 0 saturated heterocycles. The van der Waals surface area contributed by atoms with Crippen molar-refractivity contribution in [1.29, 1.82) is 0 Å². The van der Waals surface area contributed by atoms with E-state index in [2.05, 4.69) is 10.3 Å². The number of aliphatic hydroxyl groups is 1. The van der Waals surface area contributed by atoms with Crippen LogP contribution in [0.1, 0.15) is 11.7 Å². The van der Waals surface area contributed by atoms with Gasteiger partial charge in [0.25, 0.3) is 0 Å². The molecule has 0 spiro atoms. The molecule has 2 N–H and O–H groups in total. The van der Waals surface area contributed by atoms with Gasteiger partial charge in [0, 0.05) is 6.54 Å². The van der Waals surface area contributed by atoms with Crippen molar-refractivity contribution in [3.8, 4) is 0 Å². The highest BCUT2D eigenvalue weighted by molar-refractivity contribution is 7.22. The van der Waals surface area contributed by atoms with Gasteiger partial charge in [-0.2, -0.15) is 0 Å². The first-order valence-electron chi connectivity index (χ1n) is 7.67. The van der Waals surface area contributed by atoms with Crippen molar-refractivity contribution in [2.75, 3.05) is 11.9 Å². The second kappa shape index (κ2) is 6.19. The molecule has 0 saturated carbocycles. The molecule has 1 aromatic heterocycles. The minimum atomic E-state index is -0.673. The van der Waals surface area contributed by atoms with Crippen molar-refractivity contribution in [1.82, 2.24) is 4.98 Å². The second-order valence-electron chi connectivity index (χ2n) is 5.57. The van der Waals surface area contributed by atoms with Gasteiger partial charge in [-0.25, -0.2) is 9.37 Å². The zero-order chi connectivity index (χ0) is 16.5. The Kier molecular flexibility index (Phi) is 3.88. The summed E-state index contributed by atoms with van der Waals surface area (Å²) in [5, 5.41) is 16.4. The number of anilines is 1. The van der Waals surface area contributed by atoms with Crippen molar-refractivity contribution >= 4 is 37.5 Å². The van der Waals surface area contributed by atoms with Gasteiger partial charge in [0.1, 0.15) is 5.82 Å². The van der Waals surface area contributed by atoms with Crippen LogP contribution in [0.15, 0.2) is 60.7 Å². The number of hydrogen-bond donors (Lipinski definition) is 2. The third-order valence-corrected chi connectivity index (χ3v) is 5.03. The van der Waals surface area contributed by atoms with E-state index in [0.717, 1.165) is 16.3 Å². The summed E-state index contributed by atoms with van der Waals surface area (Å²) in [6.45, 7) is 0.315. The molecule has 0 bridgehead atoms. The molecule has 4 aromatic rings. The van der Waals surface area contributed by atoms with E-state index in [4.69, 9.17) is 0 Å². The average Bonchev–Trinajstić information content (AvgIpc) is 3.04. The van der Waals surface area contributed by atoms with Crippen LogP contribution in [0.25, 0.3) is 21.0 Å². The maximum absolute atomic E-state index is 13.7. The summed E-state index contributed by atoms with van der Waals surface area (Å²) in [5.41, 5.74) is 1.50. The van der Waals surface area contributed by atoms with Crippen LogP contribution in [0.5, 0.6) is 0 Å². The molecule has 120 valence electrons. The summed E-state index contributed by atoms with van der Waals surface area (Å²) in [6.07, 6.45) is -0.673. The van der Waals surface area contributed by atoms with Gasteiger partial charge in [0.2, 0.25) is 0 Å². The molecule has 3 aromatic carbocycles. The highest BCUT2D eigenvalue weighted by Crippen LogP contribution is 2.29. The molecule has 1 heterocycles. The lowest BCUT2D eigenvalue weighted by atomic mass is 10.0. The zero-order valence-corrected chi connectivity index (χ0v) is 13.6. The fourth-order valence-corrected chi connectivity index (χ4v) is 3.70. The van der Waals surface area contributed by atoms with Crippen LogP contribution in [0.2, 0.25) is 0 Å². The number of nitrogens with zero attached hydrogens (tertiary/aromatic N) is 1. The average molecular weight is 338 g/mol. The summed E-state index contributed by atoms with van der Waals surface area (Å²) in [5.74, 6) is -0.271. The van der Waals surface area contributed by atoms with Crippen molar-refractivity contribution in [3.05, 3.63) is 72.0 Å². The highest BCUT2D eigenvalue weighted by atomic mass is 32.1. The molecule has 0 amide bonds. The Labute approximate surface area is 142 Å². The van der Waals surface area contributed by atoms with Crippen LogP contribution in [0.4, 0.5) is 9.52 Å². The van der Waals surface area contributed by atoms with E-state index < -0.39 is 6.10 Å². The number of rotatable bonds is 4. The third-order valence-electron chi connectivity index (χ3n) is 4.00. The summed E-state index contributed by atoms with van der Waals surface area (Å²) >= 11 is 1.26. The van der Waals surface area contributed by atoms with Gasteiger partial charge in [-0.1, -0.05) is 59.9 Å². The smallest absolute Gasteiger partial charge is 0.183 e. The lowest BCUT2D eigenvalue weighted by molar-refractivity contribution is 0.193. The molecule has 0 aliphatic carbocycles. The van der Waals surface area contributed by atoms with E-state index in [-0.39, 0.29) is 5.82 Å². The molecule has 1 unspecified atom stereocenters. The first kappa shape index (κ1) is 15.1. The number of halogens is 1. The summed E-state index contributed by atoms with van der Waals surface area (Å²) in [6, 6.07) is 18.7. The SMILES string of the molecule is OC(CNc1nc2cccc(F)c2s1)c1cccc2ccccc12. The Balaban J connectivity index is 1.57.